The molecule has 8 heteroatoms. The van der Waals surface area contributed by atoms with Gasteiger partial charge in [0.15, 0.2) is 5.78 Å². The van der Waals surface area contributed by atoms with E-state index in [2.05, 4.69) is 26.5 Å². The zero-order valence-corrected chi connectivity index (χ0v) is 20.8. The van der Waals surface area contributed by atoms with Crippen LogP contribution in [0.3, 0.4) is 0 Å². The summed E-state index contributed by atoms with van der Waals surface area (Å²) in [6, 6.07) is 15.4. The Bertz CT molecular complexity index is 1230. The number of carbonyl (C=O) groups excluding carboxylic acids is 2. The molecule has 0 saturated carbocycles. The highest BCUT2D eigenvalue weighted by Crippen LogP contribution is 2.35. The van der Waals surface area contributed by atoms with Gasteiger partial charge >= 0.3 is 0 Å². The SMILES string of the molecule is COCCN1CCN(CC2CCc3c(c4ccccc4n3Cc3ccc(C(=O)NO)cc3)C2=O)CC1. The van der Waals surface area contributed by atoms with Gasteiger partial charge in [0, 0.05) is 86.6 Å². The van der Waals surface area contributed by atoms with Gasteiger partial charge in [-0.25, -0.2) is 5.48 Å². The van der Waals surface area contributed by atoms with Gasteiger partial charge in [0.1, 0.15) is 0 Å². The van der Waals surface area contributed by atoms with Gasteiger partial charge in [0.05, 0.1) is 6.61 Å². The number of ether oxygens (including phenoxy) is 1. The Hall–Kier alpha value is -3.04. The second-order valence-corrected chi connectivity index (χ2v) is 9.80. The van der Waals surface area contributed by atoms with Gasteiger partial charge < -0.3 is 14.2 Å². The number of Topliss-reactive ketones (excluding diaryl/α,β-unsaturated/α-hetero) is 1. The van der Waals surface area contributed by atoms with Crippen molar-refractivity contribution in [3.8, 4) is 0 Å². The summed E-state index contributed by atoms with van der Waals surface area (Å²) in [6.07, 6.45) is 1.74. The number of hydroxylamine groups is 1. The second-order valence-electron chi connectivity index (χ2n) is 9.80. The molecule has 1 fully saturated rings. The van der Waals surface area contributed by atoms with Crippen LogP contribution in [0.4, 0.5) is 0 Å². The van der Waals surface area contributed by atoms with E-state index in [1.54, 1.807) is 24.7 Å². The molecule has 36 heavy (non-hydrogen) atoms. The van der Waals surface area contributed by atoms with Crippen molar-refractivity contribution < 1.29 is 19.5 Å². The minimum absolute atomic E-state index is 0.0264. The van der Waals surface area contributed by atoms with Crippen LogP contribution in [0.1, 0.15) is 38.4 Å². The molecule has 1 atom stereocenters. The zero-order valence-electron chi connectivity index (χ0n) is 20.8. The van der Waals surface area contributed by atoms with Crippen LogP contribution in [-0.2, 0) is 17.7 Å². The van der Waals surface area contributed by atoms with Crippen molar-refractivity contribution in [2.24, 2.45) is 5.92 Å². The number of methoxy groups -OCH3 is 1. The molecule has 1 aliphatic carbocycles. The number of ketones is 1. The predicted octanol–water partition coefficient (Wildman–Crippen LogP) is 2.82. The molecule has 3 aromatic rings. The van der Waals surface area contributed by atoms with Crippen LogP contribution in [-0.4, -0.2) is 84.2 Å². The van der Waals surface area contributed by atoms with Crippen molar-refractivity contribution in [2.45, 2.75) is 19.4 Å². The summed E-state index contributed by atoms with van der Waals surface area (Å²) in [7, 11) is 1.74. The summed E-state index contributed by atoms with van der Waals surface area (Å²) in [5, 5.41) is 9.89. The summed E-state index contributed by atoms with van der Waals surface area (Å²) < 4.78 is 7.47. The lowest BCUT2D eigenvalue weighted by molar-refractivity contribution is 0.0705. The maximum Gasteiger partial charge on any atom is 0.274 e. The number of hydrogen-bond acceptors (Lipinski definition) is 6. The van der Waals surface area contributed by atoms with Crippen molar-refractivity contribution >= 4 is 22.6 Å². The third-order valence-corrected chi connectivity index (χ3v) is 7.64. The Labute approximate surface area is 211 Å². The summed E-state index contributed by atoms with van der Waals surface area (Å²) in [5.74, 6) is -0.236. The highest BCUT2D eigenvalue weighted by atomic mass is 16.5. The third kappa shape index (κ3) is 4.95. The summed E-state index contributed by atoms with van der Waals surface area (Å²) >= 11 is 0. The monoisotopic (exact) mass is 490 g/mol. The highest BCUT2D eigenvalue weighted by molar-refractivity contribution is 6.11. The molecular weight excluding hydrogens is 456 g/mol. The Morgan fingerprint density at radius 2 is 1.78 bits per heavy atom. The van der Waals surface area contributed by atoms with Gasteiger partial charge in [-0.05, 0) is 36.6 Å². The molecular formula is C28H34N4O4. The standard InChI is InChI=1S/C28H34N4O4/c1-36-17-16-30-12-14-31(15-13-30)19-22-10-11-25-26(27(22)33)23-4-2-3-5-24(23)32(25)18-20-6-8-21(9-7-20)28(34)29-35/h2-9,22,35H,10-19H2,1H3,(H,29,34). The average Bonchev–Trinajstić information content (AvgIpc) is 3.23. The third-order valence-electron chi connectivity index (χ3n) is 7.64. The van der Waals surface area contributed by atoms with E-state index in [0.717, 1.165) is 86.4 Å². The Morgan fingerprint density at radius 3 is 2.50 bits per heavy atom. The van der Waals surface area contributed by atoms with Crippen LogP contribution in [0.25, 0.3) is 10.9 Å². The molecule has 2 N–H and O–H groups in total. The molecule has 8 nitrogen and oxygen atoms in total. The lowest BCUT2D eigenvalue weighted by Crippen LogP contribution is -2.49. The summed E-state index contributed by atoms with van der Waals surface area (Å²) in [6.45, 7) is 7.20. The second kappa shape index (κ2) is 10.9. The summed E-state index contributed by atoms with van der Waals surface area (Å²) in [5.41, 5.74) is 6.17. The van der Waals surface area contributed by atoms with E-state index >= 15 is 0 Å². The van der Waals surface area contributed by atoms with Crippen LogP contribution in [0, 0.1) is 5.92 Å². The van der Waals surface area contributed by atoms with Crippen LogP contribution in [0.2, 0.25) is 0 Å². The van der Waals surface area contributed by atoms with E-state index in [9.17, 15) is 9.59 Å². The van der Waals surface area contributed by atoms with Gasteiger partial charge in [-0.15, -0.1) is 0 Å². The Morgan fingerprint density at radius 1 is 1.06 bits per heavy atom. The quantitative estimate of drug-likeness (QED) is 0.373. The normalized spacial score (nSPS) is 18.9. The van der Waals surface area contributed by atoms with E-state index in [1.807, 2.05) is 24.3 Å². The highest BCUT2D eigenvalue weighted by Gasteiger charge is 2.34. The molecule has 5 rings (SSSR count). The molecule has 1 unspecified atom stereocenters. The van der Waals surface area contributed by atoms with Crippen LogP contribution < -0.4 is 5.48 Å². The zero-order chi connectivity index (χ0) is 25.1. The lowest BCUT2D eigenvalue weighted by Gasteiger charge is -2.36. The fraction of sp³-hybridized carbons (Fsp3) is 0.429. The van der Waals surface area contributed by atoms with Gasteiger partial charge in [-0.3, -0.25) is 19.7 Å². The van der Waals surface area contributed by atoms with E-state index < -0.39 is 5.91 Å². The summed E-state index contributed by atoms with van der Waals surface area (Å²) in [4.78, 5) is 30.3. The molecule has 2 aromatic carbocycles. The van der Waals surface area contributed by atoms with Crippen LogP contribution in [0.15, 0.2) is 48.5 Å². The molecule has 1 aliphatic heterocycles. The maximum atomic E-state index is 13.8. The number of nitrogens with zero attached hydrogens (tertiary/aromatic N) is 3. The first kappa shape index (κ1) is 24.6. The molecule has 2 heterocycles. The van der Waals surface area contributed by atoms with Crippen molar-refractivity contribution in [1.29, 1.82) is 0 Å². The minimum Gasteiger partial charge on any atom is -0.383 e. The molecule has 0 spiro atoms. The predicted molar refractivity (Wildman–Crippen MR) is 138 cm³/mol. The first-order chi connectivity index (χ1) is 17.6. The molecule has 0 bridgehead atoms. The first-order valence-corrected chi connectivity index (χ1v) is 12.7. The molecule has 0 radical (unpaired) electrons. The Balaban J connectivity index is 1.34. The maximum absolute atomic E-state index is 13.8. The van der Waals surface area contributed by atoms with Crippen molar-refractivity contribution in [3.05, 3.63) is 70.9 Å². The van der Waals surface area contributed by atoms with Gasteiger partial charge in [-0.1, -0.05) is 30.3 Å². The van der Waals surface area contributed by atoms with Gasteiger partial charge in [0.25, 0.3) is 5.91 Å². The fourth-order valence-corrected chi connectivity index (χ4v) is 5.63. The van der Waals surface area contributed by atoms with Gasteiger partial charge in [-0.2, -0.15) is 0 Å². The molecule has 190 valence electrons. The topological polar surface area (TPSA) is 87.0 Å². The molecule has 1 saturated heterocycles. The van der Waals surface area contributed by atoms with Crippen LogP contribution >= 0.6 is 0 Å². The number of rotatable bonds is 8. The van der Waals surface area contributed by atoms with E-state index in [-0.39, 0.29) is 11.7 Å². The largest absolute Gasteiger partial charge is 0.383 e. The molecule has 1 aromatic heterocycles. The number of piperazine rings is 1. The fourth-order valence-electron chi connectivity index (χ4n) is 5.63. The van der Waals surface area contributed by atoms with E-state index in [1.165, 1.54) is 0 Å². The minimum atomic E-state index is -0.529. The lowest BCUT2D eigenvalue weighted by atomic mass is 9.84. The van der Waals surface area contributed by atoms with E-state index in [4.69, 9.17) is 9.94 Å². The van der Waals surface area contributed by atoms with Crippen molar-refractivity contribution in [1.82, 2.24) is 19.8 Å². The number of carbonyl (C=O) groups is 2. The number of para-hydroxylation sites is 1. The first-order valence-electron chi connectivity index (χ1n) is 12.7. The number of nitrogens with one attached hydrogen (secondary N) is 1. The average molecular weight is 491 g/mol. The number of benzene rings is 2. The van der Waals surface area contributed by atoms with Gasteiger partial charge in [0.2, 0.25) is 0 Å². The van der Waals surface area contributed by atoms with Crippen LogP contribution in [0.5, 0.6) is 0 Å². The number of aromatic nitrogens is 1. The number of hydrogen-bond donors (Lipinski definition) is 2. The molecule has 2 aliphatic rings. The van der Waals surface area contributed by atoms with E-state index in [0.29, 0.717) is 12.1 Å². The number of fused-ring (bicyclic) bond motifs is 3. The number of amides is 1. The van der Waals surface area contributed by atoms with Crippen molar-refractivity contribution in [3.63, 3.8) is 0 Å². The smallest absolute Gasteiger partial charge is 0.274 e. The molecule has 1 amide bonds. The van der Waals surface area contributed by atoms with Crippen molar-refractivity contribution in [2.75, 3.05) is 53.0 Å². The Kier molecular flexibility index (Phi) is 7.48.